The molecule has 26 heavy (non-hydrogen) atoms. The topological polar surface area (TPSA) is 61.1 Å². The molecule has 5 fully saturated rings. The maximum absolute atomic E-state index is 3.36. The lowest BCUT2D eigenvalue weighted by molar-refractivity contribution is -0.0745. The van der Waals surface area contributed by atoms with E-state index in [1.807, 2.05) is 0 Å². The van der Waals surface area contributed by atoms with Gasteiger partial charge in [-0.2, -0.15) is 0 Å². The first-order valence-corrected chi connectivity index (χ1v) is 10.7. The van der Waals surface area contributed by atoms with Crippen LogP contribution in [0.4, 0.5) is 0 Å². The Balaban J connectivity index is 0.000000132. The van der Waals surface area contributed by atoms with Crippen LogP contribution in [0.1, 0.15) is 0 Å². The molecular weight excluding hydrogens is 328 g/mol. The minimum atomic E-state index is 0.736. The molecule has 5 aliphatic heterocycles. The zero-order valence-electron chi connectivity index (χ0n) is 16.3. The largest absolute Gasteiger partial charge is 0.314 e. The second-order valence-electron chi connectivity index (χ2n) is 7.97. The molecule has 150 valence electrons. The first kappa shape index (κ1) is 19.0. The molecule has 0 unspecified atom stereocenters. The predicted octanol–water partition coefficient (Wildman–Crippen LogP) is -2.74. The van der Waals surface area contributed by atoms with Crippen LogP contribution < -0.4 is 21.3 Å². The van der Waals surface area contributed by atoms with Crippen molar-refractivity contribution in [3.05, 3.63) is 0 Å². The predicted molar refractivity (Wildman–Crippen MR) is 105 cm³/mol. The summed E-state index contributed by atoms with van der Waals surface area (Å²) in [5, 5.41) is 13.4. The molecule has 5 saturated heterocycles. The summed E-state index contributed by atoms with van der Waals surface area (Å²) in [4.78, 5) is 10.8. The third-order valence-corrected chi connectivity index (χ3v) is 6.38. The number of hydrogen-bond acceptors (Lipinski definition) is 8. The van der Waals surface area contributed by atoms with Crippen LogP contribution in [0.3, 0.4) is 0 Å². The fourth-order valence-corrected chi connectivity index (χ4v) is 4.96. The van der Waals surface area contributed by atoms with E-state index < -0.39 is 0 Å². The van der Waals surface area contributed by atoms with Crippen LogP contribution in [0.25, 0.3) is 0 Å². The van der Waals surface area contributed by atoms with Gasteiger partial charge in [-0.1, -0.05) is 0 Å². The summed E-state index contributed by atoms with van der Waals surface area (Å²) in [5.74, 6) is 0. The highest BCUT2D eigenvalue weighted by Crippen LogP contribution is 2.32. The van der Waals surface area contributed by atoms with Crippen molar-refractivity contribution in [2.75, 3.05) is 105 Å². The van der Waals surface area contributed by atoms with Crippen molar-refractivity contribution in [3.63, 3.8) is 0 Å². The van der Waals surface area contributed by atoms with Crippen molar-refractivity contribution >= 4 is 0 Å². The highest BCUT2D eigenvalue weighted by atomic mass is 15.6. The molecule has 4 N–H and O–H groups in total. The quantitative estimate of drug-likeness (QED) is 0.368. The van der Waals surface area contributed by atoms with E-state index in [4.69, 9.17) is 0 Å². The minimum Gasteiger partial charge on any atom is -0.314 e. The number of piperazine rings is 2. The number of nitrogens with zero attached hydrogens (tertiary/aromatic N) is 4. The summed E-state index contributed by atoms with van der Waals surface area (Å²) < 4.78 is 0. The number of nitrogens with one attached hydrogen (secondary N) is 4. The van der Waals surface area contributed by atoms with Gasteiger partial charge in [0.05, 0.1) is 12.3 Å². The van der Waals surface area contributed by atoms with E-state index in [1.54, 1.807) is 0 Å². The lowest BCUT2D eigenvalue weighted by Gasteiger charge is -2.49. The average Bonchev–Trinajstić information content (AvgIpc) is 3.25. The van der Waals surface area contributed by atoms with Crippen molar-refractivity contribution in [2.45, 2.75) is 12.3 Å². The third kappa shape index (κ3) is 4.56. The summed E-state index contributed by atoms with van der Waals surface area (Å²) in [6, 6.07) is 0. The molecule has 5 rings (SSSR count). The zero-order chi connectivity index (χ0) is 17.6. The first-order valence-electron chi connectivity index (χ1n) is 10.7. The summed E-state index contributed by atoms with van der Waals surface area (Å²) in [5.41, 5.74) is 0. The molecule has 0 aromatic carbocycles. The number of rotatable bonds is 0. The van der Waals surface area contributed by atoms with Gasteiger partial charge >= 0.3 is 0 Å². The second kappa shape index (κ2) is 9.75. The minimum absolute atomic E-state index is 0.736. The van der Waals surface area contributed by atoms with E-state index >= 15 is 0 Å². The van der Waals surface area contributed by atoms with Gasteiger partial charge in [-0.05, 0) is 0 Å². The van der Waals surface area contributed by atoms with Gasteiger partial charge in [0.2, 0.25) is 0 Å². The highest BCUT2D eigenvalue weighted by molar-refractivity contribution is 5.02. The molecule has 5 aliphatic rings. The van der Waals surface area contributed by atoms with Crippen molar-refractivity contribution < 1.29 is 0 Å². The van der Waals surface area contributed by atoms with E-state index in [9.17, 15) is 0 Å². The molecule has 8 heteroatoms. The van der Waals surface area contributed by atoms with Crippen LogP contribution >= 0.6 is 0 Å². The molecular formula is C18H38N8. The monoisotopic (exact) mass is 366 g/mol. The van der Waals surface area contributed by atoms with Gasteiger partial charge in [-0.15, -0.1) is 0 Å². The maximum Gasteiger partial charge on any atom is 0.0923 e. The summed E-state index contributed by atoms with van der Waals surface area (Å²) in [6.07, 6.45) is 1.47. The standard InChI is InChI=1S/C10H18N4.C8H20N4/c1-2-12-7-8-14-4-3-13-6-5-11(1)9(12)10(13)14;1-2-10-5-6-12-8-7-11-4-3-9-1/h9-10H,1-8H2;9-12H,1-8H2. The Morgan fingerprint density at radius 1 is 0.346 bits per heavy atom. The molecule has 0 aliphatic carbocycles. The average molecular weight is 367 g/mol. The van der Waals surface area contributed by atoms with Crippen LogP contribution in [0.5, 0.6) is 0 Å². The van der Waals surface area contributed by atoms with Gasteiger partial charge in [-0.3, -0.25) is 19.6 Å². The molecule has 0 aromatic rings. The van der Waals surface area contributed by atoms with E-state index in [0.717, 1.165) is 64.7 Å². The molecule has 0 amide bonds. The van der Waals surface area contributed by atoms with Gasteiger partial charge in [0, 0.05) is 105 Å². The summed E-state index contributed by atoms with van der Waals surface area (Å²) >= 11 is 0. The lowest BCUT2D eigenvalue weighted by atomic mass is 10.2. The lowest BCUT2D eigenvalue weighted by Crippen LogP contribution is -2.66. The molecule has 0 saturated carbocycles. The van der Waals surface area contributed by atoms with Crippen molar-refractivity contribution in [2.24, 2.45) is 0 Å². The molecule has 0 spiro atoms. The van der Waals surface area contributed by atoms with Crippen molar-refractivity contribution in [1.82, 2.24) is 40.9 Å². The normalized spacial score (nSPS) is 35.1. The molecule has 8 nitrogen and oxygen atoms in total. The van der Waals surface area contributed by atoms with Crippen molar-refractivity contribution in [3.8, 4) is 0 Å². The SMILES string of the molecule is C1CN2CCN3CCN4CCN1C2C43.C1CNCCNCCNCCN1. The Hall–Kier alpha value is -0.320. The Morgan fingerprint density at radius 2 is 0.538 bits per heavy atom. The molecule has 0 aromatic heterocycles. The fraction of sp³-hybridized carbons (Fsp3) is 1.00. The molecule has 0 radical (unpaired) electrons. The van der Waals surface area contributed by atoms with E-state index in [0.29, 0.717) is 0 Å². The van der Waals surface area contributed by atoms with E-state index in [2.05, 4.69) is 40.9 Å². The van der Waals surface area contributed by atoms with Crippen LogP contribution in [-0.2, 0) is 0 Å². The Labute approximate surface area is 158 Å². The van der Waals surface area contributed by atoms with Crippen LogP contribution in [0.15, 0.2) is 0 Å². The van der Waals surface area contributed by atoms with Crippen molar-refractivity contribution in [1.29, 1.82) is 0 Å². The first-order chi connectivity index (χ1) is 12.9. The molecule has 5 heterocycles. The Kier molecular flexibility index (Phi) is 7.13. The summed E-state index contributed by atoms with van der Waals surface area (Å²) in [7, 11) is 0. The van der Waals surface area contributed by atoms with Gasteiger partial charge < -0.3 is 21.3 Å². The highest BCUT2D eigenvalue weighted by Gasteiger charge is 2.50. The Bertz CT molecular complexity index is 329. The second-order valence-corrected chi connectivity index (χ2v) is 7.97. The fourth-order valence-electron chi connectivity index (χ4n) is 4.96. The maximum atomic E-state index is 3.36. The van der Waals surface area contributed by atoms with Crippen LogP contribution in [0.2, 0.25) is 0 Å². The Morgan fingerprint density at radius 3 is 0.731 bits per heavy atom. The van der Waals surface area contributed by atoms with Gasteiger partial charge in [-0.25, -0.2) is 0 Å². The van der Waals surface area contributed by atoms with Gasteiger partial charge in [0.1, 0.15) is 0 Å². The third-order valence-electron chi connectivity index (χ3n) is 6.38. The number of hydrogen-bond donors (Lipinski definition) is 4. The van der Waals surface area contributed by atoms with Crippen LogP contribution in [-0.4, -0.2) is 137 Å². The smallest absolute Gasteiger partial charge is 0.0923 e. The zero-order valence-corrected chi connectivity index (χ0v) is 16.3. The van der Waals surface area contributed by atoms with Gasteiger partial charge in [0.25, 0.3) is 0 Å². The molecule has 0 atom stereocenters. The van der Waals surface area contributed by atoms with Crippen LogP contribution in [0, 0.1) is 0 Å². The molecule has 0 bridgehead atoms. The summed E-state index contributed by atoms with van der Waals surface area (Å²) in [6.45, 7) is 19.0. The van der Waals surface area contributed by atoms with E-state index in [-0.39, 0.29) is 0 Å². The van der Waals surface area contributed by atoms with Gasteiger partial charge in [0.15, 0.2) is 0 Å². The van der Waals surface area contributed by atoms with E-state index in [1.165, 1.54) is 52.4 Å².